The third-order valence-electron chi connectivity index (χ3n) is 5.63. The molecule has 2 N–H and O–H groups in total. The molecular formula is C23H31N3O7. The Bertz CT molecular complexity index is 884. The van der Waals surface area contributed by atoms with Crippen molar-refractivity contribution in [2.75, 3.05) is 13.1 Å². The lowest BCUT2D eigenvalue weighted by Crippen LogP contribution is -2.60. The van der Waals surface area contributed by atoms with Crippen LogP contribution in [0.2, 0.25) is 0 Å². The second kappa shape index (κ2) is 10.1. The quantitative estimate of drug-likeness (QED) is 0.705. The lowest BCUT2D eigenvalue weighted by atomic mass is 10.1. The monoisotopic (exact) mass is 461 g/mol. The highest BCUT2D eigenvalue weighted by Gasteiger charge is 2.45. The summed E-state index contributed by atoms with van der Waals surface area (Å²) in [5.41, 5.74) is 0.0340. The number of alkyl carbamates (subject to hydrolysis) is 1. The molecule has 2 fully saturated rings. The van der Waals surface area contributed by atoms with Crippen LogP contribution in [0.4, 0.5) is 9.59 Å². The van der Waals surface area contributed by atoms with Crippen LogP contribution in [0, 0.1) is 0 Å². The first kappa shape index (κ1) is 24.3. The molecule has 3 rings (SSSR count). The summed E-state index contributed by atoms with van der Waals surface area (Å²) in [6, 6.07) is 6.75. The number of aliphatic carboxylic acids is 1. The third kappa shape index (κ3) is 6.36. The molecule has 1 aromatic carbocycles. The zero-order chi connectivity index (χ0) is 24.2. The highest BCUT2D eigenvalue weighted by atomic mass is 16.6. The van der Waals surface area contributed by atoms with Gasteiger partial charge in [-0.05, 0) is 45.6 Å². The van der Waals surface area contributed by atoms with E-state index in [0.717, 1.165) is 5.56 Å². The maximum absolute atomic E-state index is 13.4. The molecule has 2 saturated heterocycles. The van der Waals surface area contributed by atoms with Crippen LogP contribution in [0.25, 0.3) is 0 Å². The first-order chi connectivity index (χ1) is 15.5. The number of benzene rings is 1. The van der Waals surface area contributed by atoms with Gasteiger partial charge in [0.1, 0.15) is 24.3 Å². The van der Waals surface area contributed by atoms with Gasteiger partial charge in [-0.2, -0.15) is 0 Å². The number of amides is 3. The number of rotatable bonds is 4. The van der Waals surface area contributed by atoms with Gasteiger partial charge in [0.05, 0.1) is 6.54 Å². The van der Waals surface area contributed by atoms with E-state index in [-0.39, 0.29) is 25.7 Å². The average molecular weight is 462 g/mol. The van der Waals surface area contributed by atoms with Gasteiger partial charge in [0, 0.05) is 12.6 Å². The van der Waals surface area contributed by atoms with E-state index in [2.05, 4.69) is 5.32 Å². The van der Waals surface area contributed by atoms with Gasteiger partial charge in [-0.25, -0.2) is 14.4 Å². The summed E-state index contributed by atoms with van der Waals surface area (Å²) in [6.07, 6.45) is -0.168. The van der Waals surface area contributed by atoms with Crippen LogP contribution in [0.3, 0.4) is 0 Å². The molecule has 180 valence electrons. The highest BCUT2D eigenvalue weighted by molar-refractivity contribution is 5.90. The molecule has 0 saturated carbocycles. The van der Waals surface area contributed by atoms with Crippen molar-refractivity contribution in [2.45, 2.75) is 70.4 Å². The first-order valence-corrected chi connectivity index (χ1v) is 11.1. The number of carboxylic acid groups (broad SMARTS) is 1. The Morgan fingerprint density at radius 3 is 2.45 bits per heavy atom. The van der Waals surface area contributed by atoms with E-state index in [9.17, 15) is 24.3 Å². The largest absolute Gasteiger partial charge is 0.480 e. The molecule has 33 heavy (non-hydrogen) atoms. The van der Waals surface area contributed by atoms with Crippen molar-refractivity contribution in [3.63, 3.8) is 0 Å². The van der Waals surface area contributed by atoms with Gasteiger partial charge in [0.15, 0.2) is 0 Å². The van der Waals surface area contributed by atoms with Crippen molar-refractivity contribution in [2.24, 2.45) is 0 Å². The number of nitrogens with zero attached hydrogens (tertiary/aromatic N) is 2. The fourth-order valence-electron chi connectivity index (χ4n) is 4.15. The Kier molecular flexibility index (Phi) is 7.45. The van der Waals surface area contributed by atoms with E-state index in [0.29, 0.717) is 19.3 Å². The van der Waals surface area contributed by atoms with Gasteiger partial charge in [0.25, 0.3) is 0 Å². The van der Waals surface area contributed by atoms with Crippen LogP contribution in [0.5, 0.6) is 0 Å². The number of carbonyl (C=O) groups is 4. The number of carboxylic acids is 1. The van der Waals surface area contributed by atoms with Gasteiger partial charge in [-0.1, -0.05) is 30.3 Å². The highest BCUT2D eigenvalue weighted by Crippen LogP contribution is 2.29. The molecule has 2 aliphatic rings. The van der Waals surface area contributed by atoms with Gasteiger partial charge < -0.3 is 29.7 Å². The Hall–Kier alpha value is -3.30. The fourth-order valence-corrected chi connectivity index (χ4v) is 4.15. The van der Waals surface area contributed by atoms with Gasteiger partial charge in [0.2, 0.25) is 5.91 Å². The topological polar surface area (TPSA) is 125 Å². The predicted molar refractivity (Wildman–Crippen MR) is 117 cm³/mol. The maximum Gasteiger partial charge on any atom is 0.410 e. The Morgan fingerprint density at radius 1 is 1.12 bits per heavy atom. The van der Waals surface area contributed by atoms with Crippen molar-refractivity contribution >= 4 is 24.1 Å². The van der Waals surface area contributed by atoms with Crippen LogP contribution in [0.1, 0.15) is 45.6 Å². The molecule has 0 radical (unpaired) electrons. The minimum Gasteiger partial charge on any atom is -0.480 e. The SMILES string of the molecule is CC(C)(C)OC(=O)N[C@H]1CN(C(=O)OCc2ccccc2)CCC2CC[C@@H](C(=O)O)N2C1=O. The Balaban J connectivity index is 1.77. The minimum absolute atomic E-state index is 0.0743. The molecule has 1 aromatic rings. The molecule has 0 aliphatic carbocycles. The molecule has 2 aliphatic heterocycles. The second-order valence-electron chi connectivity index (χ2n) is 9.30. The summed E-state index contributed by atoms with van der Waals surface area (Å²) in [7, 11) is 0. The molecule has 0 spiro atoms. The zero-order valence-corrected chi connectivity index (χ0v) is 19.2. The Morgan fingerprint density at radius 2 is 1.82 bits per heavy atom. The lowest BCUT2D eigenvalue weighted by molar-refractivity contribution is -0.151. The van der Waals surface area contributed by atoms with Crippen molar-refractivity contribution in [1.82, 2.24) is 15.1 Å². The van der Waals surface area contributed by atoms with E-state index in [1.165, 1.54) is 9.80 Å². The molecule has 1 unspecified atom stereocenters. The summed E-state index contributed by atoms with van der Waals surface area (Å²) in [5.74, 6) is -1.63. The Labute approximate surface area is 192 Å². The van der Waals surface area contributed by atoms with Crippen molar-refractivity contribution in [3.8, 4) is 0 Å². The summed E-state index contributed by atoms with van der Waals surface area (Å²) in [5, 5.41) is 12.1. The van der Waals surface area contributed by atoms with Gasteiger partial charge >= 0.3 is 18.2 Å². The smallest absolute Gasteiger partial charge is 0.410 e. The summed E-state index contributed by atoms with van der Waals surface area (Å²) in [6.45, 7) is 5.26. The molecule has 10 heteroatoms. The molecule has 3 atom stereocenters. The molecule has 3 amide bonds. The summed E-state index contributed by atoms with van der Waals surface area (Å²) in [4.78, 5) is 53.0. The van der Waals surface area contributed by atoms with Crippen LogP contribution in [-0.4, -0.2) is 75.8 Å². The number of fused-ring (bicyclic) bond motifs is 1. The van der Waals surface area contributed by atoms with E-state index in [1.807, 2.05) is 30.3 Å². The molecule has 10 nitrogen and oxygen atoms in total. The van der Waals surface area contributed by atoms with Gasteiger partial charge in [-0.15, -0.1) is 0 Å². The molecule has 0 aromatic heterocycles. The number of ether oxygens (including phenoxy) is 2. The minimum atomic E-state index is -1.16. The number of carbonyl (C=O) groups excluding carboxylic acids is 3. The standard InChI is InChI=1S/C23H31N3O7/c1-23(2,3)33-21(30)24-17-13-25(22(31)32-14-15-7-5-4-6-8-15)12-11-16-9-10-18(20(28)29)26(16)19(17)27/h4-8,16-18H,9-14H2,1-3H3,(H,24,30)(H,28,29)/t16?,17-,18-/m0/s1. The van der Waals surface area contributed by atoms with Crippen LogP contribution in [-0.2, 0) is 25.7 Å². The zero-order valence-electron chi connectivity index (χ0n) is 19.2. The van der Waals surface area contributed by atoms with Gasteiger partial charge in [-0.3, -0.25) is 4.79 Å². The molecule has 0 bridgehead atoms. The first-order valence-electron chi connectivity index (χ1n) is 11.1. The molecule has 2 heterocycles. The maximum atomic E-state index is 13.4. The summed E-state index contributed by atoms with van der Waals surface area (Å²) >= 11 is 0. The fraction of sp³-hybridized carbons (Fsp3) is 0.565. The number of hydrogen-bond donors (Lipinski definition) is 2. The number of hydrogen-bond acceptors (Lipinski definition) is 6. The summed E-state index contributed by atoms with van der Waals surface area (Å²) < 4.78 is 10.7. The van der Waals surface area contributed by atoms with Crippen molar-refractivity contribution in [3.05, 3.63) is 35.9 Å². The van der Waals surface area contributed by atoms with E-state index in [1.54, 1.807) is 20.8 Å². The number of nitrogens with one attached hydrogen (secondary N) is 1. The van der Waals surface area contributed by atoms with Crippen molar-refractivity contribution < 1.29 is 33.8 Å². The van der Waals surface area contributed by atoms with E-state index >= 15 is 0 Å². The van der Waals surface area contributed by atoms with Crippen LogP contribution < -0.4 is 5.32 Å². The third-order valence-corrected chi connectivity index (χ3v) is 5.63. The predicted octanol–water partition coefficient (Wildman–Crippen LogP) is 2.37. The average Bonchev–Trinajstić information content (AvgIpc) is 3.16. The lowest BCUT2D eigenvalue weighted by Gasteiger charge is -2.37. The van der Waals surface area contributed by atoms with Crippen LogP contribution in [0.15, 0.2) is 30.3 Å². The second-order valence-corrected chi connectivity index (χ2v) is 9.30. The van der Waals surface area contributed by atoms with E-state index in [4.69, 9.17) is 9.47 Å². The van der Waals surface area contributed by atoms with Crippen molar-refractivity contribution in [1.29, 1.82) is 0 Å². The normalized spacial score (nSPS) is 23.2. The molecular weight excluding hydrogens is 430 g/mol. The van der Waals surface area contributed by atoms with E-state index < -0.39 is 41.7 Å². The van der Waals surface area contributed by atoms with Crippen LogP contribution >= 0.6 is 0 Å².